The molecule has 8 heteroatoms. The van der Waals surface area contributed by atoms with E-state index in [-0.39, 0.29) is 24.0 Å². The van der Waals surface area contributed by atoms with Gasteiger partial charge in [-0.2, -0.15) is 0 Å². The van der Waals surface area contributed by atoms with Crippen LogP contribution in [0.3, 0.4) is 0 Å². The third kappa shape index (κ3) is 6.81. The molecule has 0 radical (unpaired) electrons. The van der Waals surface area contributed by atoms with Gasteiger partial charge >= 0.3 is 0 Å². The van der Waals surface area contributed by atoms with E-state index in [1.807, 2.05) is 19.3 Å². The van der Waals surface area contributed by atoms with E-state index in [9.17, 15) is 0 Å². The smallest absolute Gasteiger partial charge is 0.191 e. The van der Waals surface area contributed by atoms with Crippen molar-refractivity contribution in [3.63, 3.8) is 0 Å². The lowest BCUT2D eigenvalue weighted by Gasteiger charge is -2.12. The molecule has 3 rings (SSSR count). The monoisotopic (exact) mass is 524 g/mol. The van der Waals surface area contributed by atoms with Gasteiger partial charge in [0.15, 0.2) is 5.96 Å². The van der Waals surface area contributed by atoms with Crippen molar-refractivity contribution in [1.29, 1.82) is 0 Å². The van der Waals surface area contributed by atoms with Gasteiger partial charge in [0.25, 0.3) is 0 Å². The van der Waals surface area contributed by atoms with Gasteiger partial charge in [-0.25, -0.2) is 9.97 Å². The molecule has 0 saturated heterocycles. The molecule has 2 heterocycles. The average Bonchev–Trinajstić information content (AvgIpc) is 3.23. The summed E-state index contributed by atoms with van der Waals surface area (Å²) in [5, 5.41) is 7.92. The number of aryl methyl sites for hydroxylation is 3. The van der Waals surface area contributed by atoms with E-state index >= 15 is 0 Å². The number of hydrogen-bond donors (Lipinski definition) is 2. The number of halogens is 1. The van der Waals surface area contributed by atoms with Gasteiger partial charge in [-0.1, -0.05) is 24.3 Å². The Morgan fingerprint density at radius 2 is 1.97 bits per heavy atom. The molecule has 0 atom stereocenters. The molecule has 0 spiro atoms. The van der Waals surface area contributed by atoms with Crippen LogP contribution in [0.25, 0.3) is 0 Å². The summed E-state index contributed by atoms with van der Waals surface area (Å²) in [6, 6.07) is 8.60. The van der Waals surface area contributed by atoms with E-state index in [0.29, 0.717) is 0 Å². The topological polar surface area (TPSA) is 67.1 Å². The van der Waals surface area contributed by atoms with Gasteiger partial charge in [-0.05, 0) is 31.9 Å². The molecule has 0 aliphatic rings. The summed E-state index contributed by atoms with van der Waals surface area (Å²) in [6.45, 7) is 8.57. The molecule has 0 fully saturated rings. The number of nitrogens with zero attached hydrogens (tertiary/aromatic N) is 4. The fourth-order valence-corrected chi connectivity index (χ4v) is 3.88. The molecular formula is C21H29IN6S. The van der Waals surface area contributed by atoms with Crippen LogP contribution in [0.2, 0.25) is 0 Å². The lowest BCUT2D eigenvalue weighted by Crippen LogP contribution is -2.37. The lowest BCUT2D eigenvalue weighted by molar-refractivity contribution is 0.757. The molecule has 0 aliphatic heterocycles. The minimum absolute atomic E-state index is 0. The molecule has 0 aliphatic carbocycles. The Labute approximate surface area is 193 Å². The molecule has 0 bridgehead atoms. The van der Waals surface area contributed by atoms with Crippen molar-refractivity contribution in [3.8, 4) is 0 Å². The molecule has 156 valence electrons. The zero-order valence-electron chi connectivity index (χ0n) is 17.4. The Kier molecular flexibility index (Phi) is 9.09. The Bertz CT molecular complexity index is 927. The Morgan fingerprint density at radius 3 is 2.62 bits per heavy atom. The van der Waals surface area contributed by atoms with Crippen molar-refractivity contribution in [3.05, 3.63) is 69.2 Å². The number of hydrogen-bond acceptors (Lipinski definition) is 4. The maximum atomic E-state index is 4.58. The fraction of sp³-hybridized carbons (Fsp3) is 0.381. The van der Waals surface area contributed by atoms with Crippen LogP contribution in [-0.2, 0) is 19.5 Å². The third-order valence-electron chi connectivity index (χ3n) is 4.66. The maximum absolute atomic E-state index is 4.58. The van der Waals surface area contributed by atoms with Crippen LogP contribution < -0.4 is 10.6 Å². The van der Waals surface area contributed by atoms with E-state index in [4.69, 9.17) is 0 Å². The second-order valence-corrected chi connectivity index (χ2v) is 8.06. The fourth-order valence-electron chi connectivity index (χ4n) is 2.95. The highest BCUT2D eigenvalue weighted by Crippen LogP contribution is 2.16. The minimum atomic E-state index is 0. The van der Waals surface area contributed by atoms with Crippen molar-refractivity contribution in [2.24, 2.45) is 4.99 Å². The summed E-state index contributed by atoms with van der Waals surface area (Å²) in [5.74, 6) is 1.83. The van der Waals surface area contributed by atoms with E-state index in [1.165, 1.54) is 21.0 Å². The summed E-state index contributed by atoms with van der Waals surface area (Å²) in [4.78, 5) is 14.5. The standard InChI is InChI=1S/C21H28N6S.HI/c1-15-16(2)28-20(26-15)8-9-24-21(22-4)25-13-18-6-5-7-19(12-18)14-27-11-10-23-17(27)3;/h5-7,10-12H,8-9,13-14H2,1-4H3,(H2,22,24,25);1H. The number of nitrogens with one attached hydrogen (secondary N) is 2. The van der Waals surface area contributed by atoms with Crippen LogP contribution in [0.1, 0.15) is 32.5 Å². The van der Waals surface area contributed by atoms with Gasteiger partial charge in [-0.15, -0.1) is 35.3 Å². The van der Waals surface area contributed by atoms with Crippen LogP contribution in [-0.4, -0.2) is 34.1 Å². The first-order valence-corrected chi connectivity index (χ1v) is 10.3. The van der Waals surface area contributed by atoms with Crippen molar-refractivity contribution < 1.29 is 0 Å². The third-order valence-corrected chi connectivity index (χ3v) is 5.79. The van der Waals surface area contributed by atoms with Crippen molar-refractivity contribution in [2.75, 3.05) is 13.6 Å². The van der Waals surface area contributed by atoms with Crippen LogP contribution >= 0.6 is 35.3 Å². The van der Waals surface area contributed by atoms with Gasteiger partial charge < -0.3 is 15.2 Å². The van der Waals surface area contributed by atoms with Crippen LogP contribution in [0.15, 0.2) is 41.7 Å². The number of rotatable bonds is 7. The summed E-state index contributed by atoms with van der Waals surface area (Å²) in [7, 11) is 1.80. The zero-order chi connectivity index (χ0) is 19.9. The molecule has 2 aromatic heterocycles. The molecule has 3 aromatic rings. The van der Waals surface area contributed by atoms with Crippen LogP contribution in [0.5, 0.6) is 0 Å². The van der Waals surface area contributed by atoms with E-state index in [1.54, 1.807) is 18.4 Å². The molecule has 29 heavy (non-hydrogen) atoms. The largest absolute Gasteiger partial charge is 0.356 e. The summed E-state index contributed by atoms with van der Waals surface area (Å²) >= 11 is 1.77. The maximum Gasteiger partial charge on any atom is 0.191 e. The number of imidazole rings is 1. The second kappa shape index (κ2) is 11.3. The van der Waals surface area contributed by atoms with Gasteiger partial charge in [0, 0.05) is 50.4 Å². The number of aromatic nitrogens is 3. The minimum Gasteiger partial charge on any atom is -0.356 e. The first kappa shape index (κ1) is 23.3. The highest BCUT2D eigenvalue weighted by atomic mass is 127. The first-order chi connectivity index (χ1) is 13.5. The van der Waals surface area contributed by atoms with Crippen molar-refractivity contribution in [2.45, 2.75) is 40.3 Å². The number of benzene rings is 1. The van der Waals surface area contributed by atoms with E-state index in [0.717, 1.165) is 43.5 Å². The molecule has 0 saturated carbocycles. The van der Waals surface area contributed by atoms with Crippen molar-refractivity contribution in [1.82, 2.24) is 25.2 Å². The number of thiazole rings is 1. The number of guanidine groups is 1. The first-order valence-electron chi connectivity index (χ1n) is 9.48. The van der Waals surface area contributed by atoms with Crippen LogP contribution in [0.4, 0.5) is 0 Å². The lowest BCUT2D eigenvalue weighted by atomic mass is 10.1. The predicted octanol–water partition coefficient (Wildman–Crippen LogP) is 3.84. The zero-order valence-corrected chi connectivity index (χ0v) is 20.5. The van der Waals surface area contributed by atoms with Gasteiger partial charge in [0.1, 0.15) is 5.82 Å². The van der Waals surface area contributed by atoms with E-state index < -0.39 is 0 Å². The summed E-state index contributed by atoms with van der Waals surface area (Å²) in [5.41, 5.74) is 3.62. The summed E-state index contributed by atoms with van der Waals surface area (Å²) in [6.07, 6.45) is 4.75. The molecule has 1 aromatic carbocycles. The van der Waals surface area contributed by atoms with E-state index in [2.05, 4.69) is 68.3 Å². The highest BCUT2D eigenvalue weighted by Gasteiger charge is 2.05. The number of aliphatic imine (C=N–C) groups is 1. The normalized spacial score (nSPS) is 11.2. The SMILES string of the molecule is CN=C(NCCc1nc(C)c(C)s1)NCc1cccc(Cn2ccnc2C)c1.I. The predicted molar refractivity (Wildman–Crippen MR) is 131 cm³/mol. The van der Waals surface area contributed by atoms with Gasteiger partial charge in [0.05, 0.1) is 10.7 Å². The van der Waals surface area contributed by atoms with Crippen molar-refractivity contribution >= 4 is 41.3 Å². The highest BCUT2D eigenvalue weighted by molar-refractivity contribution is 14.0. The molecule has 6 nitrogen and oxygen atoms in total. The molecule has 2 N–H and O–H groups in total. The van der Waals surface area contributed by atoms with Gasteiger partial charge in [-0.3, -0.25) is 4.99 Å². The molecular weight excluding hydrogens is 495 g/mol. The quantitative estimate of drug-likeness (QED) is 0.280. The second-order valence-electron chi connectivity index (χ2n) is 6.77. The summed E-state index contributed by atoms with van der Waals surface area (Å²) < 4.78 is 2.15. The Morgan fingerprint density at radius 1 is 1.17 bits per heavy atom. The van der Waals surface area contributed by atoms with Crippen LogP contribution in [0, 0.1) is 20.8 Å². The Balaban J connectivity index is 0.00000300. The molecule has 0 amide bonds. The molecule has 0 unspecified atom stereocenters. The Hall–Kier alpha value is -1.94. The average molecular weight is 524 g/mol. The van der Waals surface area contributed by atoms with Gasteiger partial charge in [0.2, 0.25) is 0 Å².